The summed E-state index contributed by atoms with van der Waals surface area (Å²) >= 11 is 0. The molecule has 1 aliphatic rings. The topological polar surface area (TPSA) is 70.0 Å². The SMILES string of the molecule is CC#CCn1c(N2CCN(C)CC2)nc2cn[nH]c(=O)c21. The third kappa shape index (κ3) is 2.50. The van der Waals surface area contributed by atoms with Gasteiger partial charge < -0.3 is 9.80 Å². The van der Waals surface area contributed by atoms with Gasteiger partial charge >= 0.3 is 0 Å². The minimum Gasteiger partial charge on any atom is -0.340 e. The van der Waals surface area contributed by atoms with E-state index in [1.165, 1.54) is 0 Å². The lowest BCUT2D eigenvalue weighted by atomic mass is 10.3. The molecule has 0 spiro atoms. The fraction of sp³-hybridized carbons (Fsp3) is 0.500. The number of hydrogen-bond donors (Lipinski definition) is 1. The lowest BCUT2D eigenvalue weighted by Crippen LogP contribution is -2.45. The number of hydrogen-bond acceptors (Lipinski definition) is 5. The van der Waals surface area contributed by atoms with E-state index in [0.717, 1.165) is 32.1 Å². The Morgan fingerprint density at radius 2 is 2.10 bits per heavy atom. The molecule has 1 fully saturated rings. The third-order valence-electron chi connectivity index (χ3n) is 3.74. The van der Waals surface area contributed by atoms with Crippen LogP contribution in [0.2, 0.25) is 0 Å². The van der Waals surface area contributed by atoms with Crippen LogP contribution in [0, 0.1) is 11.8 Å². The molecule has 0 aromatic carbocycles. The van der Waals surface area contributed by atoms with E-state index in [1.807, 2.05) is 4.57 Å². The molecule has 0 atom stereocenters. The second kappa shape index (κ2) is 5.58. The molecule has 110 valence electrons. The van der Waals surface area contributed by atoms with Crippen LogP contribution in [-0.2, 0) is 6.54 Å². The molecule has 0 unspecified atom stereocenters. The van der Waals surface area contributed by atoms with Gasteiger partial charge in [-0.15, -0.1) is 5.92 Å². The minimum absolute atomic E-state index is 0.224. The van der Waals surface area contributed by atoms with E-state index in [-0.39, 0.29) is 5.56 Å². The maximum Gasteiger partial charge on any atom is 0.290 e. The number of imidazole rings is 1. The van der Waals surface area contributed by atoms with Crippen LogP contribution in [0.15, 0.2) is 11.0 Å². The molecule has 0 saturated carbocycles. The molecular weight excluding hydrogens is 268 g/mol. The molecule has 2 aromatic heterocycles. The first kappa shape index (κ1) is 13.6. The number of nitrogens with zero attached hydrogens (tertiary/aromatic N) is 5. The molecule has 1 saturated heterocycles. The second-order valence-corrected chi connectivity index (χ2v) is 5.15. The summed E-state index contributed by atoms with van der Waals surface area (Å²) < 4.78 is 1.89. The molecule has 3 heterocycles. The predicted octanol–water partition coefficient (Wildman–Crippen LogP) is -0.105. The van der Waals surface area contributed by atoms with Crippen LogP contribution in [0.3, 0.4) is 0 Å². The molecular formula is C14H18N6O. The van der Waals surface area contributed by atoms with Crippen molar-refractivity contribution >= 4 is 17.0 Å². The zero-order chi connectivity index (χ0) is 14.8. The van der Waals surface area contributed by atoms with Gasteiger partial charge in [0, 0.05) is 26.2 Å². The average molecular weight is 286 g/mol. The summed E-state index contributed by atoms with van der Waals surface area (Å²) in [6.07, 6.45) is 1.59. The zero-order valence-electron chi connectivity index (χ0n) is 12.3. The number of likely N-dealkylation sites (N-methyl/N-ethyl adjacent to an activating group) is 1. The minimum atomic E-state index is -0.224. The van der Waals surface area contributed by atoms with Crippen molar-refractivity contribution in [2.24, 2.45) is 0 Å². The molecule has 21 heavy (non-hydrogen) atoms. The molecule has 0 radical (unpaired) electrons. The van der Waals surface area contributed by atoms with Gasteiger partial charge in [-0.25, -0.2) is 10.1 Å². The fourth-order valence-corrected chi connectivity index (χ4v) is 2.55. The van der Waals surface area contributed by atoms with Crippen molar-refractivity contribution in [3.05, 3.63) is 16.6 Å². The Balaban J connectivity index is 2.09. The van der Waals surface area contributed by atoms with Crippen molar-refractivity contribution in [3.8, 4) is 11.8 Å². The number of rotatable bonds is 2. The Morgan fingerprint density at radius 3 is 2.81 bits per heavy atom. The summed E-state index contributed by atoms with van der Waals surface area (Å²) in [5, 5.41) is 6.30. The highest BCUT2D eigenvalue weighted by molar-refractivity contribution is 5.77. The van der Waals surface area contributed by atoms with Crippen molar-refractivity contribution < 1.29 is 0 Å². The van der Waals surface area contributed by atoms with Crippen molar-refractivity contribution in [1.82, 2.24) is 24.6 Å². The largest absolute Gasteiger partial charge is 0.340 e. The highest BCUT2D eigenvalue weighted by Crippen LogP contribution is 2.20. The summed E-state index contributed by atoms with van der Waals surface area (Å²) in [5.41, 5.74) is 0.936. The standard InChI is InChI=1S/C14H18N6O/c1-3-4-5-20-12-11(10-15-17-13(12)21)16-14(20)19-8-6-18(2)7-9-19/h10H,5-9H2,1-2H3,(H,17,21). The third-order valence-corrected chi connectivity index (χ3v) is 3.74. The highest BCUT2D eigenvalue weighted by atomic mass is 16.1. The fourth-order valence-electron chi connectivity index (χ4n) is 2.55. The molecule has 0 amide bonds. The van der Waals surface area contributed by atoms with Gasteiger partial charge in [0.25, 0.3) is 5.56 Å². The van der Waals surface area contributed by atoms with Crippen molar-refractivity contribution in [2.45, 2.75) is 13.5 Å². The lowest BCUT2D eigenvalue weighted by Gasteiger charge is -2.33. The maximum absolute atomic E-state index is 12.1. The smallest absolute Gasteiger partial charge is 0.290 e. The van der Waals surface area contributed by atoms with Crippen LogP contribution in [0.5, 0.6) is 0 Å². The molecule has 1 aliphatic heterocycles. The summed E-state index contributed by atoms with van der Waals surface area (Å²) in [5.74, 6) is 6.70. The van der Waals surface area contributed by atoms with E-state index in [2.05, 4.69) is 43.9 Å². The van der Waals surface area contributed by atoms with E-state index in [0.29, 0.717) is 17.6 Å². The van der Waals surface area contributed by atoms with Gasteiger partial charge in [0.05, 0.1) is 12.7 Å². The normalized spacial score (nSPS) is 16.0. The van der Waals surface area contributed by atoms with Crippen LogP contribution < -0.4 is 10.5 Å². The van der Waals surface area contributed by atoms with E-state index in [1.54, 1.807) is 13.1 Å². The van der Waals surface area contributed by atoms with Gasteiger partial charge in [0.2, 0.25) is 5.95 Å². The molecule has 0 aliphatic carbocycles. The molecule has 7 heteroatoms. The Kier molecular flexibility index (Phi) is 3.62. The number of aromatic amines is 1. The number of H-pyrrole nitrogens is 1. The van der Waals surface area contributed by atoms with Gasteiger partial charge in [-0.1, -0.05) is 5.92 Å². The van der Waals surface area contributed by atoms with Crippen LogP contribution in [0.4, 0.5) is 5.95 Å². The second-order valence-electron chi connectivity index (χ2n) is 5.15. The van der Waals surface area contributed by atoms with Gasteiger partial charge in [0.1, 0.15) is 11.0 Å². The van der Waals surface area contributed by atoms with Gasteiger partial charge in [-0.3, -0.25) is 9.36 Å². The molecule has 2 aromatic rings. The molecule has 1 N–H and O–H groups in total. The highest BCUT2D eigenvalue weighted by Gasteiger charge is 2.21. The number of nitrogens with one attached hydrogen (secondary N) is 1. The Labute approximate surface area is 122 Å². The van der Waals surface area contributed by atoms with E-state index < -0.39 is 0 Å². The van der Waals surface area contributed by atoms with Crippen molar-refractivity contribution in [2.75, 3.05) is 38.1 Å². The van der Waals surface area contributed by atoms with E-state index >= 15 is 0 Å². The summed E-state index contributed by atoms with van der Waals surface area (Å²) in [6, 6.07) is 0. The van der Waals surface area contributed by atoms with E-state index in [4.69, 9.17) is 0 Å². The predicted molar refractivity (Wildman–Crippen MR) is 81.3 cm³/mol. The first-order valence-corrected chi connectivity index (χ1v) is 6.97. The number of fused-ring (bicyclic) bond motifs is 1. The maximum atomic E-state index is 12.1. The van der Waals surface area contributed by atoms with Crippen molar-refractivity contribution in [1.29, 1.82) is 0 Å². The molecule has 3 rings (SSSR count). The first-order valence-electron chi connectivity index (χ1n) is 6.97. The van der Waals surface area contributed by atoms with Crippen LogP contribution in [0.1, 0.15) is 6.92 Å². The van der Waals surface area contributed by atoms with Crippen molar-refractivity contribution in [3.63, 3.8) is 0 Å². The summed E-state index contributed by atoms with van der Waals surface area (Å²) in [6.45, 7) is 6.01. The van der Waals surface area contributed by atoms with Gasteiger partial charge in [0.15, 0.2) is 0 Å². The lowest BCUT2D eigenvalue weighted by molar-refractivity contribution is 0.310. The molecule has 7 nitrogen and oxygen atoms in total. The Morgan fingerprint density at radius 1 is 1.33 bits per heavy atom. The Hall–Kier alpha value is -2.33. The quantitative estimate of drug-likeness (QED) is 0.780. The van der Waals surface area contributed by atoms with Gasteiger partial charge in [-0.05, 0) is 14.0 Å². The Bertz CT molecular complexity index is 757. The van der Waals surface area contributed by atoms with E-state index in [9.17, 15) is 4.79 Å². The number of anilines is 1. The van der Waals surface area contributed by atoms with Crippen LogP contribution >= 0.6 is 0 Å². The van der Waals surface area contributed by atoms with Crippen LogP contribution in [-0.4, -0.2) is 57.9 Å². The number of aromatic nitrogens is 4. The zero-order valence-corrected chi connectivity index (χ0v) is 12.3. The molecule has 0 bridgehead atoms. The van der Waals surface area contributed by atoms with Crippen LogP contribution in [0.25, 0.3) is 11.0 Å². The summed E-state index contributed by atoms with van der Waals surface area (Å²) in [7, 11) is 2.11. The van der Waals surface area contributed by atoms with Gasteiger partial charge in [-0.2, -0.15) is 5.10 Å². The number of piperazine rings is 1. The monoisotopic (exact) mass is 286 g/mol. The average Bonchev–Trinajstić information content (AvgIpc) is 2.86. The first-order chi connectivity index (χ1) is 10.2. The summed E-state index contributed by atoms with van der Waals surface area (Å²) in [4.78, 5) is 21.1.